The van der Waals surface area contributed by atoms with Crippen LogP contribution in [0.4, 0.5) is 11.4 Å². The Kier molecular flexibility index (Phi) is 6.57. The SMILES string of the molecule is CC(C)c1ccccc1NC(=O)COC(=O)c1ccccc1NS(C)(=O)=O. The number of esters is 1. The minimum atomic E-state index is -3.56. The predicted octanol–water partition coefficient (Wildman–Crippen LogP) is 2.98. The number of sulfonamides is 1. The van der Waals surface area contributed by atoms with E-state index in [1.165, 1.54) is 12.1 Å². The minimum Gasteiger partial charge on any atom is -0.452 e. The van der Waals surface area contributed by atoms with Crippen molar-refractivity contribution in [3.8, 4) is 0 Å². The van der Waals surface area contributed by atoms with Gasteiger partial charge in [0.05, 0.1) is 17.5 Å². The number of para-hydroxylation sites is 2. The van der Waals surface area contributed by atoms with Crippen LogP contribution in [0.1, 0.15) is 35.7 Å². The molecule has 0 saturated carbocycles. The van der Waals surface area contributed by atoms with Crippen molar-refractivity contribution in [2.45, 2.75) is 19.8 Å². The fourth-order valence-corrected chi connectivity index (χ4v) is 3.04. The normalized spacial score (nSPS) is 11.1. The zero-order valence-electron chi connectivity index (χ0n) is 15.4. The van der Waals surface area contributed by atoms with Gasteiger partial charge in [-0.1, -0.05) is 44.2 Å². The first-order chi connectivity index (χ1) is 12.7. The molecule has 2 aromatic carbocycles. The zero-order valence-corrected chi connectivity index (χ0v) is 16.2. The van der Waals surface area contributed by atoms with Crippen LogP contribution in [-0.4, -0.2) is 33.2 Å². The molecule has 2 N–H and O–H groups in total. The van der Waals surface area contributed by atoms with Gasteiger partial charge < -0.3 is 10.1 Å². The van der Waals surface area contributed by atoms with Crippen LogP contribution in [0.15, 0.2) is 48.5 Å². The molecule has 0 aliphatic rings. The van der Waals surface area contributed by atoms with Gasteiger partial charge in [0.25, 0.3) is 5.91 Å². The van der Waals surface area contributed by atoms with Crippen molar-refractivity contribution < 1.29 is 22.7 Å². The Morgan fingerprint density at radius 1 is 1.00 bits per heavy atom. The molecule has 0 atom stereocenters. The Morgan fingerprint density at radius 3 is 2.22 bits per heavy atom. The Bertz CT molecular complexity index is 939. The van der Waals surface area contributed by atoms with E-state index in [4.69, 9.17) is 4.74 Å². The van der Waals surface area contributed by atoms with Gasteiger partial charge in [0, 0.05) is 5.69 Å². The van der Waals surface area contributed by atoms with Crippen molar-refractivity contribution in [3.63, 3.8) is 0 Å². The molecule has 0 spiro atoms. The van der Waals surface area contributed by atoms with Crippen LogP contribution < -0.4 is 10.0 Å². The summed E-state index contributed by atoms with van der Waals surface area (Å²) in [6, 6.07) is 13.4. The van der Waals surface area contributed by atoms with Crippen LogP contribution in [0.3, 0.4) is 0 Å². The second-order valence-electron chi connectivity index (χ2n) is 6.29. The maximum Gasteiger partial charge on any atom is 0.340 e. The maximum absolute atomic E-state index is 12.2. The number of rotatable bonds is 7. The number of nitrogens with one attached hydrogen (secondary N) is 2. The zero-order chi connectivity index (χ0) is 20.0. The summed E-state index contributed by atoms with van der Waals surface area (Å²) in [6.45, 7) is 3.53. The number of ether oxygens (including phenoxy) is 1. The van der Waals surface area contributed by atoms with Crippen LogP contribution in [0.2, 0.25) is 0 Å². The van der Waals surface area contributed by atoms with E-state index in [0.29, 0.717) is 5.69 Å². The molecular weight excluding hydrogens is 368 g/mol. The number of hydrogen-bond acceptors (Lipinski definition) is 5. The second-order valence-corrected chi connectivity index (χ2v) is 8.03. The highest BCUT2D eigenvalue weighted by molar-refractivity contribution is 7.92. The largest absolute Gasteiger partial charge is 0.452 e. The molecule has 0 bridgehead atoms. The first-order valence-electron chi connectivity index (χ1n) is 8.30. The molecule has 27 heavy (non-hydrogen) atoms. The van der Waals surface area contributed by atoms with Gasteiger partial charge in [0.2, 0.25) is 10.0 Å². The van der Waals surface area contributed by atoms with Crippen LogP contribution in [0.5, 0.6) is 0 Å². The van der Waals surface area contributed by atoms with Gasteiger partial charge in [0.1, 0.15) is 0 Å². The summed E-state index contributed by atoms with van der Waals surface area (Å²) in [4.78, 5) is 24.4. The highest BCUT2D eigenvalue weighted by Crippen LogP contribution is 2.23. The third-order valence-electron chi connectivity index (χ3n) is 3.63. The molecule has 0 aliphatic heterocycles. The molecule has 0 heterocycles. The van der Waals surface area contributed by atoms with Crippen molar-refractivity contribution in [1.29, 1.82) is 0 Å². The van der Waals surface area contributed by atoms with Crippen LogP contribution in [0, 0.1) is 0 Å². The van der Waals surface area contributed by atoms with E-state index in [2.05, 4.69) is 10.0 Å². The average molecular weight is 390 g/mol. The molecule has 0 saturated heterocycles. The fraction of sp³-hybridized carbons (Fsp3) is 0.263. The van der Waals surface area contributed by atoms with Crippen LogP contribution in [-0.2, 0) is 19.6 Å². The number of anilines is 2. The molecule has 7 nitrogen and oxygen atoms in total. The Labute approximate surface area is 158 Å². The second kappa shape index (κ2) is 8.68. The van der Waals surface area contributed by atoms with E-state index in [1.54, 1.807) is 24.3 Å². The molecule has 0 radical (unpaired) electrons. The van der Waals surface area contributed by atoms with Crippen molar-refractivity contribution in [2.75, 3.05) is 22.9 Å². The number of amides is 1. The molecular formula is C19H22N2O5S. The molecule has 2 rings (SSSR count). The highest BCUT2D eigenvalue weighted by Gasteiger charge is 2.17. The summed E-state index contributed by atoms with van der Waals surface area (Å²) in [6.07, 6.45) is 0.981. The van der Waals surface area contributed by atoms with Gasteiger partial charge in [-0.05, 0) is 29.7 Å². The molecule has 0 unspecified atom stereocenters. The van der Waals surface area contributed by atoms with E-state index < -0.39 is 28.5 Å². The molecule has 0 fully saturated rings. The summed E-state index contributed by atoms with van der Waals surface area (Å²) in [5.41, 5.74) is 1.75. The number of carbonyl (C=O) groups excluding carboxylic acids is 2. The Morgan fingerprint density at radius 2 is 1.59 bits per heavy atom. The standard InChI is InChI=1S/C19H22N2O5S/c1-13(2)14-8-4-6-10-16(14)20-18(22)12-26-19(23)15-9-5-7-11-17(15)21-27(3,24)25/h4-11,13,21H,12H2,1-3H3,(H,20,22). The summed E-state index contributed by atoms with van der Waals surface area (Å²) in [5, 5.41) is 2.72. The van der Waals surface area contributed by atoms with Gasteiger partial charge in [-0.2, -0.15) is 0 Å². The summed E-state index contributed by atoms with van der Waals surface area (Å²) in [7, 11) is -3.56. The summed E-state index contributed by atoms with van der Waals surface area (Å²) >= 11 is 0. The lowest BCUT2D eigenvalue weighted by atomic mass is 10.0. The topological polar surface area (TPSA) is 102 Å². The monoisotopic (exact) mass is 390 g/mol. The maximum atomic E-state index is 12.2. The van der Waals surface area contributed by atoms with E-state index in [1.807, 2.05) is 26.0 Å². The number of hydrogen-bond donors (Lipinski definition) is 2. The van der Waals surface area contributed by atoms with E-state index in [9.17, 15) is 18.0 Å². The molecule has 8 heteroatoms. The quantitative estimate of drug-likeness (QED) is 0.708. The van der Waals surface area contributed by atoms with Gasteiger partial charge in [-0.25, -0.2) is 13.2 Å². The third kappa shape index (κ3) is 6.10. The summed E-state index contributed by atoms with van der Waals surface area (Å²) < 4.78 is 30.1. The number of carbonyl (C=O) groups is 2. The fourth-order valence-electron chi connectivity index (χ4n) is 2.46. The van der Waals surface area contributed by atoms with Crippen molar-refractivity contribution in [2.24, 2.45) is 0 Å². The lowest BCUT2D eigenvalue weighted by molar-refractivity contribution is -0.119. The van der Waals surface area contributed by atoms with Gasteiger partial charge >= 0.3 is 5.97 Å². The Balaban J connectivity index is 2.03. The summed E-state index contributed by atoms with van der Waals surface area (Å²) in [5.74, 6) is -1.06. The molecule has 2 aromatic rings. The van der Waals surface area contributed by atoms with Crippen LogP contribution in [0.25, 0.3) is 0 Å². The van der Waals surface area contributed by atoms with Crippen molar-refractivity contribution >= 4 is 33.3 Å². The van der Waals surface area contributed by atoms with Crippen molar-refractivity contribution in [1.82, 2.24) is 0 Å². The Hall–Kier alpha value is -2.87. The minimum absolute atomic E-state index is 0.0262. The van der Waals surface area contributed by atoms with E-state index in [0.717, 1.165) is 11.8 Å². The van der Waals surface area contributed by atoms with E-state index >= 15 is 0 Å². The number of benzene rings is 2. The lowest BCUT2D eigenvalue weighted by Gasteiger charge is -2.14. The van der Waals surface area contributed by atoms with Crippen molar-refractivity contribution in [3.05, 3.63) is 59.7 Å². The van der Waals surface area contributed by atoms with E-state index in [-0.39, 0.29) is 17.2 Å². The molecule has 0 aromatic heterocycles. The first kappa shape index (κ1) is 20.4. The average Bonchev–Trinajstić information content (AvgIpc) is 2.59. The third-order valence-corrected chi connectivity index (χ3v) is 4.22. The highest BCUT2D eigenvalue weighted by atomic mass is 32.2. The lowest BCUT2D eigenvalue weighted by Crippen LogP contribution is -2.22. The molecule has 1 amide bonds. The molecule has 144 valence electrons. The predicted molar refractivity (Wildman–Crippen MR) is 104 cm³/mol. The molecule has 0 aliphatic carbocycles. The van der Waals surface area contributed by atoms with Gasteiger partial charge in [0.15, 0.2) is 6.61 Å². The van der Waals surface area contributed by atoms with Crippen LogP contribution >= 0.6 is 0 Å². The van der Waals surface area contributed by atoms with Gasteiger partial charge in [-0.15, -0.1) is 0 Å². The smallest absolute Gasteiger partial charge is 0.340 e. The van der Waals surface area contributed by atoms with Gasteiger partial charge in [-0.3, -0.25) is 9.52 Å². The first-order valence-corrected chi connectivity index (χ1v) is 10.2.